The number of carbonyl (C=O) groups is 2. The third-order valence-corrected chi connectivity index (χ3v) is 10.7. The number of quaternary nitrogens is 1. The third kappa shape index (κ3) is 45.0. The van der Waals surface area contributed by atoms with E-state index < -0.39 is 32.5 Å². The molecule has 0 saturated heterocycles. The molecule has 60 heavy (non-hydrogen) atoms. The van der Waals surface area contributed by atoms with Crippen molar-refractivity contribution in [1.82, 2.24) is 0 Å². The van der Waals surface area contributed by atoms with Crippen LogP contribution in [0.1, 0.15) is 181 Å². The number of phosphoric ester groups is 1. The van der Waals surface area contributed by atoms with Crippen LogP contribution in [-0.2, 0) is 32.7 Å². The average Bonchev–Trinajstić information content (AvgIpc) is 3.20. The monoisotopic (exact) mass is 862 g/mol. The van der Waals surface area contributed by atoms with Crippen molar-refractivity contribution in [3.8, 4) is 0 Å². The fourth-order valence-electron chi connectivity index (χ4n) is 5.96. The summed E-state index contributed by atoms with van der Waals surface area (Å²) >= 11 is 0. The number of nitrogens with zero attached hydrogens (tertiary/aromatic N) is 1. The second-order valence-electron chi connectivity index (χ2n) is 16.8. The highest BCUT2D eigenvalue weighted by atomic mass is 31.2. The van der Waals surface area contributed by atoms with Gasteiger partial charge in [-0.25, -0.2) is 0 Å². The third-order valence-electron chi connectivity index (χ3n) is 9.70. The molecule has 0 aliphatic rings. The van der Waals surface area contributed by atoms with Crippen molar-refractivity contribution in [3.63, 3.8) is 0 Å². The summed E-state index contributed by atoms with van der Waals surface area (Å²) in [5.74, 6) is -0.884. The van der Waals surface area contributed by atoms with E-state index >= 15 is 0 Å². The predicted molar refractivity (Wildman–Crippen MR) is 249 cm³/mol. The summed E-state index contributed by atoms with van der Waals surface area (Å²) < 4.78 is 33.9. The first-order valence-corrected chi connectivity index (χ1v) is 25.1. The first-order chi connectivity index (χ1) is 29.0. The van der Waals surface area contributed by atoms with Crippen molar-refractivity contribution in [2.75, 3.05) is 47.5 Å². The normalized spacial score (nSPS) is 14.2. The molecular formula is C50H88NO8P. The van der Waals surface area contributed by atoms with Crippen molar-refractivity contribution < 1.29 is 42.1 Å². The SMILES string of the molecule is CCCCC/C=C/C/C=C/C/C=C/C/C=C/CCCCCC(=O)O[C@H](COC(=O)CCCCCCCCC/C=C/C/C=C/CCCCC)COP(=O)([O-])OCC[N+](C)(C)C. The van der Waals surface area contributed by atoms with Gasteiger partial charge < -0.3 is 27.9 Å². The summed E-state index contributed by atoms with van der Waals surface area (Å²) in [6.45, 7) is 4.12. The molecule has 0 amide bonds. The summed E-state index contributed by atoms with van der Waals surface area (Å²) in [5, 5.41) is 0. The fraction of sp³-hybridized carbons (Fsp3) is 0.720. The molecule has 0 spiro atoms. The van der Waals surface area contributed by atoms with Crippen LogP contribution in [0, 0.1) is 0 Å². The van der Waals surface area contributed by atoms with E-state index in [2.05, 4.69) is 86.8 Å². The number of allylic oxidation sites excluding steroid dienone is 12. The van der Waals surface area contributed by atoms with Crippen molar-refractivity contribution in [3.05, 3.63) is 72.9 Å². The largest absolute Gasteiger partial charge is 0.756 e. The van der Waals surface area contributed by atoms with Gasteiger partial charge in [0, 0.05) is 12.8 Å². The van der Waals surface area contributed by atoms with Gasteiger partial charge in [-0.1, -0.05) is 151 Å². The molecule has 0 saturated carbocycles. The summed E-state index contributed by atoms with van der Waals surface area (Å²) in [7, 11) is 1.13. The van der Waals surface area contributed by atoms with Crippen molar-refractivity contribution in [2.24, 2.45) is 0 Å². The lowest BCUT2D eigenvalue weighted by molar-refractivity contribution is -0.870. The molecule has 9 nitrogen and oxygen atoms in total. The zero-order valence-corrected chi connectivity index (χ0v) is 39.8. The van der Waals surface area contributed by atoms with E-state index in [9.17, 15) is 19.0 Å². The zero-order chi connectivity index (χ0) is 44.3. The van der Waals surface area contributed by atoms with Crippen LogP contribution in [0.25, 0.3) is 0 Å². The van der Waals surface area contributed by atoms with Crippen molar-refractivity contribution >= 4 is 19.8 Å². The Hall–Kier alpha value is -2.55. The maximum Gasteiger partial charge on any atom is 0.306 e. The number of hydrogen-bond acceptors (Lipinski definition) is 8. The lowest BCUT2D eigenvalue weighted by atomic mass is 10.1. The maximum absolute atomic E-state index is 12.7. The second-order valence-corrected chi connectivity index (χ2v) is 18.2. The number of ether oxygens (including phenoxy) is 2. The number of phosphoric acid groups is 1. The smallest absolute Gasteiger partial charge is 0.306 e. The Bertz CT molecular complexity index is 1250. The molecule has 0 aliphatic carbocycles. The van der Waals surface area contributed by atoms with E-state index in [1.54, 1.807) is 0 Å². The van der Waals surface area contributed by atoms with Crippen LogP contribution in [-0.4, -0.2) is 70.0 Å². The van der Waals surface area contributed by atoms with Gasteiger partial charge in [-0.15, -0.1) is 0 Å². The Kier molecular flexibility index (Phi) is 40.0. The topological polar surface area (TPSA) is 111 Å². The van der Waals surface area contributed by atoms with Crippen LogP contribution in [0.4, 0.5) is 0 Å². The van der Waals surface area contributed by atoms with Gasteiger partial charge in [-0.3, -0.25) is 14.2 Å². The molecule has 0 radical (unpaired) electrons. The minimum atomic E-state index is -4.64. The summed E-state index contributed by atoms with van der Waals surface area (Å²) in [6.07, 6.45) is 52.1. The van der Waals surface area contributed by atoms with E-state index in [4.69, 9.17) is 18.5 Å². The van der Waals surface area contributed by atoms with Crippen LogP contribution in [0.5, 0.6) is 0 Å². The van der Waals surface area contributed by atoms with Crippen LogP contribution >= 0.6 is 7.82 Å². The Morgan fingerprint density at radius 2 is 0.900 bits per heavy atom. The molecule has 2 atom stereocenters. The zero-order valence-electron chi connectivity index (χ0n) is 38.9. The lowest BCUT2D eigenvalue weighted by Gasteiger charge is -2.28. The Balaban J connectivity index is 4.41. The standard InChI is InChI=1S/C50H88NO8P/c1-6-8-10-12-14-16-18-20-22-24-25-27-29-31-33-35-37-39-41-43-50(53)59-48(47-58-60(54,55)57-45-44-51(3,4)5)46-56-49(52)42-40-38-36-34-32-30-28-26-23-21-19-17-15-13-11-9-7-2/h14-17,20-23,25,27,31,33,48H,6-13,18-19,24,26,28-30,32,34-47H2,1-5H3/b16-14+,17-15+,22-20+,23-21+,27-25+,33-31+/t48-/m1/s1. The van der Waals surface area contributed by atoms with E-state index in [-0.39, 0.29) is 26.1 Å². The van der Waals surface area contributed by atoms with Crippen LogP contribution in [0.15, 0.2) is 72.9 Å². The summed E-state index contributed by atoms with van der Waals surface area (Å²) in [4.78, 5) is 37.6. The van der Waals surface area contributed by atoms with Gasteiger partial charge in [0.2, 0.25) is 0 Å². The minimum Gasteiger partial charge on any atom is -0.756 e. The van der Waals surface area contributed by atoms with Crippen molar-refractivity contribution in [1.29, 1.82) is 0 Å². The predicted octanol–water partition coefficient (Wildman–Crippen LogP) is 13.2. The highest BCUT2D eigenvalue weighted by molar-refractivity contribution is 7.45. The first kappa shape index (κ1) is 57.4. The minimum absolute atomic E-state index is 0.0422. The molecule has 0 aromatic rings. The second kappa shape index (κ2) is 41.8. The fourth-order valence-corrected chi connectivity index (χ4v) is 6.69. The maximum atomic E-state index is 12.7. The van der Waals surface area contributed by atoms with Gasteiger partial charge in [-0.05, 0) is 89.9 Å². The van der Waals surface area contributed by atoms with Crippen LogP contribution in [0.2, 0.25) is 0 Å². The van der Waals surface area contributed by atoms with Crippen molar-refractivity contribution in [2.45, 2.75) is 187 Å². The highest BCUT2D eigenvalue weighted by Gasteiger charge is 2.21. The molecule has 1 unspecified atom stereocenters. The van der Waals surface area contributed by atoms with Crippen LogP contribution in [0.3, 0.4) is 0 Å². The number of esters is 2. The quantitative estimate of drug-likeness (QED) is 0.0196. The van der Waals surface area contributed by atoms with E-state index in [0.717, 1.165) is 70.6 Å². The molecule has 346 valence electrons. The number of rotatable bonds is 42. The van der Waals surface area contributed by atoms with E-state index in [0.29, 0.717) is 23.9 Å². The Labute approximate surface area is 368 Å². The summed E-state index contributed by atoms with van der Waals surface area (Å²) in [5.41, 5.74) is 0. The van der Waals surface area contributed by atoms with Gasteiger partial charge in [0.05, 0.1) is 27.7 Å². The molecule has 0 heterocycles. The highest BCUT2D eigenvalue weighted by Crippen LogP contribution is 2.38. The molecule has 0 aromatic carbocycles. The molecule has 0 rings (SSSR count). The van der Waals surface area contributed by atoms with Crippen LogP contribution < -0.4 is 4.89 Å². The van der Waals surface area contributed by atoms with Gasteiger partial charge in [0.15, 0.2) is 6.10 Å². The number of unbranched alkanes of at least 4 members (excludes halogenated alkanes) is 16. The van der Waals surface area contributed by atoms with Gasteiger partial charge in [0.1, 0.15) is 19.8 Å². The number of carbonyl (C=O) groups excluding carboxylic acids is 2. The first-order valence-electron chi connectivity index (χ1n) is 23.6. The number of hydrogen-bond donors (Lipinski definition) is 0. The van der Waals surface area contributed by atoms with E-state index in [1.165, 1.54) is 70.6 Å². The average molecular weight is 862 g/mol. The van der Waals surface area contributed by atoms with Gasteiger partial charge >= 0.3 is 11.9 Å². The Morgan fingerprint density at radius 1 is 0.517 bits per heavy atom. The molecular weight excluding hydrogens is 774 g/mol. The molecule has 0 bridgehead atoms. The molecule has 0 N–H and O–H groups in total. The van der Waals surface area contributed by atoms with E-state index in [1.807, 2.05) is 21.1 Å². The molecule has 0 fully saturated rings. The van der Waals surface area contributed by atoms with Gasteiger partial charge in [0.25, 0.3) is 7.82 Å². The number of likely N-dealkylation sites (N-methyl/N-ethyl adjacent to an activating group) is 1. The summed E-state index contributed by atoms with van der Waals surface area (Å²) in [6, 6.07) is 0. The van der Waals surface area contributed by atoms with Gasteiger partial charge in [-0.2, -0.15) is 0 Å². The lowest BCUT2D eigenvalue weighted by Crippen LogP contribution is -2.37. The Morgan fingerprint density at radius 3 is 1.35 bits per heavy atom. The molecule has 10 heteroatoms. The molecule has 0 aromatic heterocycles. The molecule has 0 aliphatic heterocycles.